The molecule has 0 saturated heterocycles. The third kappa shape index (κ3) is 2.22. The van der Waals surface area contributed by atoms with E-state index >= 15 is 0 Å². The quantitative estimate of drug-likeness (QED) is 0.551. The molecule has 0 aliphatic carbocycles. The molecule has 52 valence electrons. The van der Waals surface area contributed by atoms with Gasteiger partial charge in [0.2, 0.25) is 0 Å². The zero-order chi connectivity index (χ0) is 6.97. The van der Waals surface area contributed by atoms with Gasteiger partial charge in [0, 0.05) is 0 Å². The van der Waals surface area contributed by atoms with Gasteiger partial charge < -0.3 is 5.32 Å². The van der Waals surface area contributed by atoms with E-state index in [1.807, 2.05) is 0 Å². The molecule has 2 heteroatoms. The van der Waals surface area contributed by atoms with Crippen LogP contribution < -0.4 is 58.2 Å². The normalized spacial score (nSPS) is 13.9. The molecule has 1 heterocycles. The molecule has 0 fully saturated rings. The summed E-state index contributed by atoms with van der Waals surface area (Å²) >= 11 is 0. The molecule has 1 nitrogen and oxygen atoms in total. The number of rotatable bonds is 0. The molecule has 2 rings (SSSR count). The molecular formula is C9H10NRb. The van der Waals surface area contributed by atoms with Crippen LogP contribution in [0, 0.1) is 6.92 Å². The third-order valence-corrected chi connectivity index (χ3v) is 1.93. The van der Waals surface area contributed by atoms with Crippen molar-refractivity contribution in [3.63, 3.8) is 0 Å². The summed E-state index contributed by atoms with van der Waals surface area (Å²) in [6.45, 7) is 3.98. The summed E-state index contributed by atoms with van der Waals surface area (Å²) in [7, 11) is 0. The monoisotopic (exact) mass is 217 g/mol. The summed E-state index contributed by atoms with van der Waals surface area (Å²) in [5.74, 6) is 0. The summed E-state index contributed by atoms with van der Waals surface area (Å²) in [5, 5.41) is 4.29. The standard InChI is InChI=1S/C9H10N.Rb/c1-7-2-3-8-5-10-6-9(8)4-7;/h2-4H,5-6H2,1H3;/q-1;+1. The molecule has 1 aliphatic heterocycles. The number of hydrogen-bond acceptors (Lipinski definition) is 0. The van der Waals surface area contributed by atoms with Crippen molar-refractivity contribution in [1.29, 1.82) is 0 Å². The van der Waals surface area contributed by atoms with Gasteiger partial charge in [-0.3, -0.25) is 0 Å². The van der Waals surface area contributed by atoms with Crippen LogP contribution in [0.5, 0.6) is 0 Å². The average molecular weight is 218 g/mol. The molecule has 1 aromatic rings. The van der Waals surface area contributed by atoms with E-state index in [1.165, 1.54) is 16.7 Å². The van der Waals surface area contributed by atoms with Crippen molar-refractivity contribution >= 4 is 0 Å². The van der Waals surface area contributed by atoms with Crippen LogP contribution in [0.25, 0.3) is 5.32 Å². The minimum Gasteiger partial charge on any atom is -0.655 e. The zero-order valence-corrected chi connectivity index (χ0v) is 12.0. The molecule has 0 amide bonds. The average Bonchev–Trinajstić information content (AvgIpc) is 2.33. The van der Waals surface area contributed by atoms with Gasteiger partial charge in [-0.2, -0.15) is 0 Å². The molecular weight excluding hydrogens is 208 g/mol. The van der Waals surface area contributed by atoms with Crippen LogP contribution >= 0.6 is 0 Å². The molecule has 0 radical (unpaired) electrons. The van der Waals surface area contributed by atoms with Gasteiger partial charge in [-0.25, -0.2) is 0 Å². The molecule has 11 heavy (non-hydrogen) atoms. The van der Waals surface area contributed by atoms with E-state index in [1.54, 1.807) is 0 Å². The van der Waals surface area contributed by atoms with E-state index in [2.05, 4.69) is 30.4 Å². The minimum absolute atomic E-state index is 0. The van der Waals surface area contributed by atoms with E-state index < -0.39 is 0 Å². The number of hydrogen-bond donors (Lipinski definition) is 0. The van der Waals surface area contributed by atoms with E-state index in [4.69, 9.17) is 0 Å². The van der Waals surface area contributed by atoms with Crippen molar-refractivity contribution in [3.8, 4) is 0 Å². The second kappa shape index (κ2) is 4.29. The smallest absolute Gasteiger partial charge is 0.655 e. The predicted molar refractivity (Wildman–Crippen MR) is 41.9 cm³/mol. The van der Waals surface area contributed by atoms with Crippen LogP contribution in [0.2, 0.25) is 0 Å². The van der Waals surface area contributed by atoms with E-state index in [0.29, 0.717) is 0 Å². The first kappa shape index (κ1) is 10.1. The Bertz CT molecular complexity index is 258. The Morgan fingerprint density at radius 2 is 1.91 bits per heavy atom. The van der Waals surface area contributed by atoms with Crippen LogP contribution in [0.4, 0.5) is 0 Å². The second-order valence-electron chi connectivity index (χ2n) is 2.81. The summed E-state index contributed by atoms with van der Waals surface area (Å²) in [6.07, 6.45) is 0. The van der Waals surface area contributed by atoms with Gasteiger partial charge in [-0.05, 0) is 6.92 Å². The van der Waals surface area contributed by atoms with E-state index in [-0.39, 0.29) is 58.2 Å². The van der Waals surface area contributed by atoms with Gasteiger partial charge in [0.05, 0.1) is 0 Å². The van der Waals surface area contributed by atoms with Gasteiger partial charge in [0.1, 0.15) is 0 Å². The SMILES string of the molecule is Cc1ccc2c(c1)C[N-]C2.[Rb+]. The summed E-state index contributed by atoms with van der Waals surface area (Å²) in [6, 6.07) is 6.56. The topological polar surface area (TPSA) is 14.1 Å². The molecule has 0 saturated carbocycles. The van der Waals surface area contributed by atoms with Crippen molar-refractivity contribution < 1.29 is 58.2 Å². The van der Waals surface area contributed by atoms with Crippen LogP contribution in [0.3, 0.4) is 0 Å². The van der Waals surface area contributed by atoms with Crippen molar-refractivity contribution in [2.24, 2.45) is 0 Å². The van der Waals surface area contributed by atoms with Gasteiger partial charge >= 0.3 is 58.2 Å². The second-order valence-corrected chi connectivity index (χ2v) is 2.81. The summed E-state index contributed by atoms with van der Waals surface area (Å²) in [5.41, 5.74) is 4.17. The first-order chi connectivity index (χ1) is 4.86. The Hall–Kier alpha value is 0.985. The van der Waals surface area contributed by atoms with Gasteiger partial charge in [-0.15, -0.1) is 13.1 Å². The van der Waals surface area contributed by atoms with Gasteiger partial charge in [0.25, 0.3) is 0 Å². The van der Waals surface area contributed by atoms with Crippen molar-refractivity contribution in [3.05, 3.63) is 40.2 Å². The maximum absolute atomic E-state index is 4.29. The van der Waals surface area contributed by atoms with Crippen LogP contribution in [0.15, 0.2) is 18.2 Å². The number of nitrogens with zero attached hydrogens (tertiary/aromatic N) is 1. The van der Waals surface area contributed by atoms with Gasteiger partial charge in [0.15, 0.2) is 0 Å². The molecule has 0 atom stereocenters. The predicted octanol–water partition coefficient (Wildman–Crippen LogP) is -0.614. The molecule has 1 aromatic carbocycles. The Balaban J connectivity index is 0.000000605. The zero-order valence-electron chi connectivity index (χ0n) is 7.09. The Labute approximate surface area is 116 Å². The molecule has 0 spiro atoms. The van der Waals surface area contributed by atoms with Gasteiger partial charge in [-0.1, -0.05) is 34.9 Å². The van der Waals surface area contributed by atoms with Crippen molar-refractivity contribution in [2.45, 2.75) is 20.0 Å². The maximum Gasteiger partial charge on any atom is 1.00 e. The fourth-order valence-electron chi connectivity index (χ4n) is 1.35. The van der Waals surface area contributed by atoms with Crippen LogP contribution in [-0.4, -0.2) is 0 Å². The largest absolute Gasteiger partial charge is 1.00 e. The number of aryl methyl sites for hydroxylation is 1. The van der Waals surface area contributed by atoms with Crippen LogP contribution in [-0.2, 0) is 13.1 Å². The molecule has 0 N–H and O–H groups in total. The first-order valence-electron chi connectivity index (χ1n) is 3.58. The minimum atomic E-state index is 0. The number of benzene rings is 1. The molecule has 0 unspecified atom stereocenters. The van der Waals surface area contributed by atoms with Crippen molar-refractivity contribution in [2.75, 3.05) is 0 Å². The summed E-state index contributed by atoms with van der Waals surface area (Å²) in [4.78, 5) is 0. The Morgan fingerprint density at radius 3 is 2.73 bits per heavy atom. The maximum atomic E-state index is 4.29. The molecule has 0 aromatic heterocycles. The fourth-order valence-corrected chi connectivity index (χ4v) is 1.35. The first-order valence-corrected chi connectivity index (χ1v) is 3.58. The van der Waals surface area contributed by atoms with Crippen molar-refractivity contribution in [1.82, 2.24) is 0 Å². The summed E-state index contributed by atoms with van der Waals surface area (Å²) < 4.78 is 0. The van der Waals surface area contributed by atoms with Crippen LogP contribution in [0.1, 0.15) is 16.7 Å². The Morgan fingerprint density at radius 1 is 1.18 bits per heavy atom. The molecule has 0 bridgehead atoms. The van der Waals surface area contributed by atoms with E-state index in [9.17, 15) is 0 Å². The molecule has 1 aliphatic rings. The fraction of sp³-hybridized carbons (Fsp3) is 0.333. The number of fused-ring (bicyclic) bond motifs is 1. The third-order valence-electron chi connectivity index (χ3n) is 1.93. The van der Waals surface area contributed by atoms with E-state index in [0.717, 1.165) is 13.1 Å². The Kier molecular flexibility index (Phi) is 3.92.